The molecule has 0 saturated heterocycles. The van der Waals surface area contributed by atoms with Crippen molar-refractivity contribution >= 4 is 54.5 Å². The van der Waals surface area contributed by atoms with Crippen molar-refractivity contribution in [1.82, 2.24) is 19.5 Å². The number of para-hydroxylation sites is 4. The lowest BCUT2D eigenvalue weighted by atomic mass is 9.97. The van der Waals surface area contributed by atoms with Crippen LogP contribution in [-0.2, 0) is 0 Å². The standard InChI is InChI=1S/C44H28N4/c1-2-11-29(12-3-1)42-36-26-25-34-33-15-5-9-20-40(33)48(43(34)41(36)35-16-4-6-17-37(35)45-42)32-14-10-13-31(27-32)28-21-23-30(24-22-28)44-46-38-18-7-8-19-39(38)47-44/h1-27H,(H,46,47). The van der Waals surface area contributed by atoms with Crippen molar-refractivity contribution < 1.29 is 0 Å². The molecule has 0 aliphatic heterocycles. The zero-order valence-corrected chi connectivity index (χ0v) is 25.9. The Morgan fingerprint density at radius 3 is 1.98 bits per heavy atom. The Bertz CT molecular complexity index is 2790. The van der Waals surface area contributed by atoms with Crippen LogP contribution in [-0.4, -0.2) is 19.5 Å². The maximum absolute atomic E-state index is 5.22. The van der Waals surface area contributed by atoms with E-state index in [-0.39, 0.29) is 0 Å². The molecule has 0 aliphatic carbocycles. The molecular weight excluding hydrogens is 585 g/mol. The highest BCUT2D eigenvalue weighted by Gasteiger charge is 2.20. The fraction of sp³-hybridized carbons (Fsp3) is 0. The average molecular weight is 613 g/mol. The second-order valence-electron chi connectivity index (χ2n) is 12.3. The van der Waals surface area contributed by atoms with Crippen molar-refractivity contribution in [3.8, 4) is 39.5 Å². The van der Waals surface area contributed by atoms with E-state index in [4.69, 9.17) is 9.97 Å². The Balaban J connectivity index is 1.20. The summed E-state index contributed by atoms with van der Waals surface area (Å²) >= 11 is 0. The number of hydrogen-bond donors (Lipinski definition) is 1. The Morgan fingerprint density at radius 1 is 0.438 bits per heavy atom. The molecule has 48 heavy (non-hydrogen) atoms. The Hall–Kier alpha value is -6.52. The number of hydrogen-bond acceptors (Lipinski definition) is 2. The number of benzene rings is 7. The molecule has 0 radical (unpaired) electrons. The van der Waals surface area contributed by atoms with E-state index in [1.165, 1.54) is 27.2 Å². The van der Waals surface area contributed by atoms with E-state index in [2.05, 4.69) is 155 Å². The molecular formula is C44H28N4. The molecule has 224 valence electrons. The minimum atomic E-state index is 0.880. The van der Waals surface area contributed by atoms with Crippen molar-refractivity contribution in [3.63, 3.8) is 0 Å². The molecule has 1 N–H and O–H groups in total. The molecule has 10 aromatic rings. The highest BCUT2D eigenvalue weighted by atomic mass is 15.0. The van der Waals surface area contributed by atoms with Crippen LogP contribution >= 0.6 is 0 Å². The van der Waals surface area contributed by atoms with Crippen LogP contribution in [0.15, 0.2) is 164 Å². The van der Waals surface area contributed by atoms with Crippen LogP contribution in [0.5, 0.6) is 0 Å². The molecule has 0 spiro atoms. The number of nitrogens with zero attached hydrogens (tertiary/aromatic N) is 3. The molecule has 0 saturated carbocycles. The smallest absolute Gasteiger partial charge is 0.138 e. The number of aromatic nitrogens is 4. The maximum atomic E-state index is 5.22. The predicted molar refractivity (Wildman–Crippen MR) is 200 cm³/mol. The van der Waals surface area contributed by atoms with Crippen LogP contribution in [0.3, 0.4) is 0 Å². The molecule has 10 rings (SSSR count). The first-order valence-corrected chi connectivity index (χ1v) is 16.3. The fourth-order valence-corrected chi connectivity index (χ4v) is 7.31. The molecule has 0 bridgehead atoms. The molecule has 7 aromatic carbocycles. The van der Waals surface area contributed by atoms with Gasteiger partial charge >= 0.3 is 0 Å². The molecule has 4 heteroatoms. The first-order chi connectivity index (χ1) is 23.8. The van der Waals surface area contributed by atoms with Crippen LogP contribution in [0.2, 0.25) is 0 Å². The van der Waals surface area contributed by atoms with E-state index < -0.39 is 0 Å². The summed E-state index contributed by atoms with van der Waals surface area (Å²) in [5, 5.41) is 5.98. The molecule has 4 nitrogen and oxygen atoms in total. The summed E-state index contributed by atoms with van der Waals surface area (Å²) < 4.78 is 2.44. The minimum absolute atomic E-state index is 0.880. The van der Waals surface area contributed by atoms with Gasteiger partial charge in [0.05, 0.1) is 33.3 Å². The van der Waals surface area contributed by atoms with Gasteiger partial charge in [0.2, 0.25) is 0 Å². The van der Waals surface area contributed by atoms with Gasteiger partial charge in [-0.2, -0.15) is 0 Å². The van der Waals surface area contributed by atoms with Gasteiger partial charge in [-0.05, 0) is 47.5 Å². The van der Waals surface area contributed by atoms with Crippen molar-refractivity contribution in [1.29, 1.82) is 0 Å². The van der Waals surface area contributed by atoms with Crippen LogP contribution < -0.4 is 0 Å². The summed E-state index contributed by atoms with van der Waals surface area (Å²) in [5.41, 5.74) is 12.0. The van der Waals surface area contributed by atoms with Crippen molar-refractivity contribution in [2.45, 2.75) is 0 Å². The molecule has 3 heterocycles. The topological polar surface area (TPSA) is 46.5 Å². The lowest BCUT2D eigenvalue weighted by Crippen LogP contribution is -1.97. The largest absolute Gasteiger partial charge is 0.338 e. The quantitative estimate of drug-likeness (QED) is 0.201. The number of pyridine rings is 1. The number of fused-ring (bicyclic) bond motifs is 8. The number of nitrogens with one attached hydrogen (secondary N) is 1. The second-order valence-corrected chi connectivity index (χ2v) is 12.3. The third-order valence-electron chi connectivity index (χ3n) is 9.53. The van der Waals surface area contributed by atoms with Crippen LogP contribution in [0.1, 0.15) is 0 Å². The molecule has 0 atom stereocenters. The summed E-state index contributed by atoms with van der Waals surface area (Å²) in [6.45, 7) is 0. The normalized spacial score (nSPS) is 11.8. The van der Waals surface area contributed by atoms with Crippen molar-refractivity contribution in [2.75, 3.05) is 0 Å². The highest BCUT2D eigenvalue weighted by molar-refractivity contribution is 6.26. The zero-order valence-electron chi connectivity index (χ0n) is 25.9. The van der Waals surface area contributed by atoms with Gasteiger partial charge in [0.1, 0.15) is 5.82 Å². The van der Waals surface area contributed by atoms with Crippen LogP contribution in [0.4, 0.5) is 0 Å². The van der Waals surface area contributed by atoms with Gasteiger partial charge in [-0.25, -0.2) is 9.97 Å². The van der Waals surface area contributed by atoms with E-state index in [1.807, 2.05) is 18.2 Å². The highest BCUT2D eigenvalue weighted by Crippen LogP contribution is 2.42. The third-order valence-corrected chi connectivity index (χ3v) is 9.53. The molecule has 0 fully saturated rings. The zero-order chi connectivity index (χ0) is 31.6. The second kappa shape index (κ2) is 10.5. The lowest BCUT2D eigenvalue weighted by molar-refractivity contribution is 1.19. The van der Waals surface area contributed by atoms with E-state index in [0.29, 0.717) is 0 Å². The summed E-state index contributed by atoms with van der Waals surface area (Å²) in [6, 6.07) is 58.1. The van der Waals surface area contributed by atoms with Gasteiger partial charge in [0.15, 0.2) is 0 Å². The number of imidazole rings is 1. The van der Waals surface area contributed by atoms with Crippen molar-refractivity contribution in [3.05, 3.63) is 164 Å². The van der Waals surface area contributed by atoms with Crippen molar-refractivity contribution in [2.24, 2.45) is 0 Å². The molecule has 0 aliphatic rings. The van der Waals surface area contributed by atoms with Gasteiger partial charge in [0.25, 0.3) is 0 Å². The molecule has 0 unspecified atom stereocenters. The average Bonchev–Trinajstić information content (AvgIpc) is 3.75. The van der Waals surface area contributed by atoms with E-state index in [9.17, 15) is 0 Å². The monoisotopic (exact) mass is 612 g/mol. The van der Waals surface area contributed by atoms with Crippen LogP contribution in [0.25, 0.3) is 94.0 Å². The summed E-state index contributed by atoms with van der Waals surface area (Å²) in [5.74, 6) is 0.880. The SMILES string of the molecule is c1ccc(-c2nc3ccccc3c3c2ccc2c4ccccc4n(-c4cccc(-c5ccc(-c6nc7ccccc7[nH]6)cc5)c4)c23)cc1. The molecule has 3 aromatic heterocycles. The minimum Gasteiger partial charge on any atom is -0.338 e. The molecule has 0 amide bonds. The van der Waals surface area contributed by atoms with Gasteiger partial charge in [-0.15, -0.1) is 0 Å². The van der Waals surface area contributed by atoms with Gasteiger partial charge in [0, 0.05) is 43.7 Å². The summed E-state index contributed by atoms with van der Waals surface area (Å²) in [6.07, 6.45) is 0. The van der Waals surface area contributed by atoms with E-state index in [0.717, 1.165) is 66.8 Å². The number of aromatic amines is 1. The van der Waals surface area contributed by atoms with Gasteiger partial charge < -0.3 is 9.55 Å². The first-order valence-electron chi connectivity index (χ1n) is 16.3. The first kappa shape index (κ1) is 26.7. The number of H-pyrrole nitrogens is 1. The number of rotatable bonds is 4. The Morgan fingerprint density at radius 2 is 1.12 bits per heavy atom. The Kier molecular flexibility index (Phi) is 5.84. The summed E-state index contributed by atoms with van der Waals surface area (Å²) in [7, 11) is 0. The predicted octanol–water partition coefficient (Wildman–Crippen LogP) is 11.4. The van der Waals surface area contributed by atoms with E-state index in [1.54, 1.807) is 0 Å². The third kappa shape index (κ3) is 4.10. The van der Waals surface area contributed by atoms with Gasteiger partial charge in [-0.3, -0.25) is 0 Å². The maximum Gasteiger partial charge on any atom is 0.138 e. The Labute approximate surface area is 276 Å². The van der Waals surface area contributed by atoms with E-state index >= 15 is 0 Å². The van der Waals surface area contributed by atoms with Gasteiger partial charge in [-0.1, -0.05) is 127 Å². The lowest BCUT2D eigenvalue weighted by Gasteiger charge is -2.15. The fourth-order valence-electron chi connectivity index (χ4n) is 7.31. The van der Waals surface area contributed by atoms with Crippen LogP contribution in [0, 0.1) is 0 Å². The summed E-state index contributed by atoms with van der Waals surface area (Å²) in [4.78, 5) is 13.5.